The highest BCUT2D eigenvalue weighted by molar-refractivity contribution is 9.11. The molecule has 18 heteroatoms. The van der Waals surface area contributed by atoms with Crippen LogP contribution in [0.3, 0.4) is 0 Å². The minimum Gasteiger partial charge on any atom is -0.461 e. The standard InChI is InChI=1S/C30H24Br3N3O12/c31-16-1-7-19(8-2-16)46-28(40)34-22-13-43-26(38)24(36-30(42)48-21-11-5-18(33)6-12-21)15-45-27(39)23(14-44-25(22)37)35-29(41)47-20-9-3-17(32)4-10-20/h1-12,22-24H,13-15H2,(H,34,40)(H,35,41)(H,36,42). The van der Waals surface area contributed by atoms with Gasteiger partial charge in [0.1, 0.15) is 37.1 Å². The minimum atomic E-state index is -1.65. The zero-order valence-electron chi connectivity index (χ0n) is 24.3. The summed E-state index contributed by atoms with van der Waals surface area (Å²) in [6.45, 7) is -2.36. The van der Waals surface area contributed by atoms with Crippen molar-refractivity contribution in [3.05, 3.63) is 86.2 Å². The van der Waals surface area contributed by atoms with Crippen molar-refractivity contribution in [2.75, 3.05) is 19.8 Å². The van der Waals surface area contributed by atoms with Gasteiger partial charge in [-0.2, -0.15) is 0 Å². The van der Waals surface area contributed by atoms with Gasteiger partial charge in [-0.3, -0.25) is 0 Å². The molecule has 1 aliphatic heterocycles. The van der Waals surface area contributed by atoms with E-state index in [9.17, 15) is 28.8 Å². The Morgan fingerprint density at radius 1 is 0.479 bits per heavy atom. The highest BCUT2D eigenvalue weighted by Gasteiger charge is 2.34. The first-order chi connectivity index (χ1) is 22.9. The number of carbonyl (C=O) groups is 6. The van der Waals surface area contributed by atoms with Gasteiger partial charge in [0.2, 0.25) is 0 Å². The van der Waals surface area contributed by atoms with Crippen molar-refractivity contribution in [3.63, 3.8) is 0 Å². The summed E-state index contributed by atoms with van der Waals surface area (Å²) in [6.07, 6.45) is -3.33. The van der Waals surface area contributed by atoms with Crippen molar-refractivity contribution >= 4 is 84.0 Å². The topological polar surface area (TPSA) is 194 Å². The molecule has 0 saturated carbocycles. The van der Waals surface area contributed by atoms with Gasteiger partial charge in [-0.05, 0) is 72.8 Å². The maximum absolute atomic E-state index is 13.0. The van der Waals surface area contributed by atoms with Crippen molar-refractivity contribution in [1.82, 2.24) is 16.0 Å². The summed E-state index contributed by atoms with van der Waals surface area (Å²) in [6, 6.07) is 13.5. The summed E-state index contributed by atoms with van der Waals surface area (Å²) in [5.41, 5.74) is 0. The average Bonchev–Trinajstić information content (AvgIpc) is 3.05. The van der Waals surface area contributed by atoms with Crippen LogP contribution in [0, 0.1) is 0 Å². The normalized spacial score (nSPS) is 18.3. The summed E-state index contributed by atoms with van der Waals surface area (Å²) in [7, 11) is 0. The van der Waals surface area contributed by atoms with Gasteiger partial charge in [-0.15, -0.1) is 0 Å². The maximum Gasteiger partial charge on any atom is 0.413 e. The molecule has 0 spiro atoms. The molecule has 1 aliphatic rings. The Morgan fingerprint density at radius 3 is 0.938 bits per heavy atom. The van der Waals surface area contributed by atoms with Crippen LogP contribution in [0.15, 0.2) is 86.2 Å². The van der Waals surface area contributed by atoms with Crippen molar-refractivity contribution in [1.29, 1.82) is 0 Å². The molecule has 0 aromatic heterocycles. The number of nitrogens with one attached hydrogen (secondary N) is 3. The van der Waals surface area contributed by atoms with E-state index in [4.69, 9.17) is 28.4 Å². The van der Waals surface area contributed by atoms with E-state index in [1.807, 2.05) is 0 Å². The molecule has 48 heavy (non-hydrogen) atoms. The third kappa shape index (κ3) is 11.5. The summed E-state index contributed by atoms with van der Waals surface area (Å²) in [5, 5.41) is 6.69. The molecule has 3 unspecified atom stereocenters. The Hall–Kier alpha value is -4.68. The third-order valence-corrected chi connectivity index (χ3v) is 7.57. The lowest BCUT2D eigenvalue weighted by Gasteiger charge is -2.24. The van der Waals surface area contributed by atoms with Gasteiger partial charge in [-0.25, -0.2) is 28.8 Å². The molecule has 3 aromatic rings. The van der Waals surface area contributed by atoms with Crippen LogP contribution >= 0.6 is 47.8 Å². The van der Waals surface area contributed by atoms with Crippen molar-refractivity contribution in [2.45, 2.75) is 18.1 Å². The highest BCUT2D eigenvalue weighted by Crippen LogP contribution is 2.18. The molecule has 0 aliphatic carbocycles. The molecule has 0 bridgehead atoms. The molecule has 0 radical (unpaired) electrons. The molecule has 1 heterocycles. The molecule has 15 nitrogen and oxygen atoms in total. The fourth-order valence-corrected chi connectivity index (χ4v) is 4.44. The second kappa shape index (κ2) is 17.5. The van der Waals surface area contributed by atoms with Gasteiger partial charge in [0, 0.05) is 13.4 Å². The van der Waals surface area contributed by atoms with Gasteiger partial charge >= 0.3 is 36.2 Å². The second-order valence-electron chi connectivity index (χ2n) is 9.51. The smallest absolute Gasteiger partial charge is 0.413 e. The van der Waals surface area contributed by atoms with Gasteiger partial charge in [0.15, 0.2) is 18.1 Å². The molecule has 1 saturated heterocycles. The van der Waals surface area contributed by atoms with E-state index < -0.39 is 74.1 Å². The van der Waals surface area contributed by atoms with E-state index in [0.29, 0.717) is 0 Å². The van der Waals surface area contributed by atoms with Gasteiger partial charge in [-0.1, -0.05) is 47.8 Å². The van der Waals surface area contributed by atoms with Crippen LogP contribution in [-0.2, 0) is 28.6 Å². The van der Waals surface area contributed by atoms with Crippen LogP contribution in [0.25, 0.3) is 0 Å². The SMILES string of the molecule is O=C(NC1COC(=O)C(NC(=O)Oc2ccc(Br)cc2)COC(=O)C(NC(=O)Oc2ccc(Br)cc2)COC1=O)Oc1ccc(Br)cc1. The number of hydrogen-bond acceptors (Lipinski definition) is 12. The Labute approximate surface area is 297 Å². The van der Waals surface area contributed by atoms with Crippen molar-refractivity contribution < 1.29 is 57.2 Å². The lowest BCUT2D eigenvalue weighted by Crippen LogP contribution is -2.53. The number of carbonyl (C=O) groups excluding carboxylic acids is 6. The molecule has 3 N–H and O–H groups in total. The second-order valence-corrected chi connectivity index (χ2v) is 12.3. The van der Waals surface area contributed by atoms with Crippen LogP contribution in [0.1, 0.15) is 0 Å². The van der Waals surface area contributed by atoms with Crippen molar-refractivity contribution in [2.24, 2.45) is 0 Å². The molecule has 4 rings (SSSR count). The summed E-state index contributed by atoms with van der Waals surface area (Å²) in [5.74, 6) is -3.14. The van der Waals surface area contributed by atoms with E-state index in [1.165, 1.54) is 36.4 Å². The van der Waals surface area contributed by atoms with E-state index >= 15 is 0 Å². The van der Waals surface area contributed by atoms with E-state index in [0.717, 1.165) is 13.4 Å². The zero-order chi connectivity index (χ0) is 34.6. The van der Waals surface area contributed by atoms with Crippen LogP contribution in [-0.4, -0.2) is 74.1 Å². The van der Waals surface area contributed by atoms with Crippen molar-refractivity contribution in [3.8, 4) is 17.2 Å². The van der Waals surface area contributed by atoms with Crippen LogP contribution in [0.2, 0.25) is 0 Å². The summed E-state index contributed by atoms with van der Waals surface area (Å²) >= 11 is 9.77. The Morgan fingerprint density at radius 2 is 0.708 bits per heavy atom. The number of esters is 3. The molecule has 3 aromatic carbocycles. The van der Waals surface area contributed by atoms with E-state index in [1.54, 1.807) is 36.4 Å². The predicted octanol–water partition coefficient (Wildman–Crippen LogP) is 4.39. The first-order valence-corrected chi connectivity index (χ1v) is 16.0. The lowest BCUT2D eigenvalue weighted by atomic mass is 10.2. The highest BCUT2D eigenvalue weighted by atomic mass is 79.9. The summed E-state index contributed by atoms with van der Waals surface area (Å²) < 4.78 is 33.2. The minimum absolute atomic E-state index is 0.124. The largest absolute Gasteiger partial charge is 0.461 e. The quantitative estimate of drug-likeness (QED) is 0.234. The molecular formula is C30H24Br3N3O12. The Bertz CT molecular complexity index is 1450. The first-order valence-electron chi connectivity index (χ1n) is 13.7. The molecule has 3 atom stereocenters. The lowest BCUT2D eigenvalue weighted by molar-refractivity contribution is -0.160. The van der Waals surface area contributed by atoms with Crippen LogP contribution in [0.5, 0.6) is 17.2 Å². The van der Waals surface area contributed by atoms with Crippen LogP contribution < -0.4 is 30.2 Å². The number of benzene rings is 3. The van der Waals surface area contributed by atoms with Gasteiger partial charge in [0.05, 0.1) is 0 Å². The maximum atomic E-state index is 13.0. The first kappa shape index (κ1) is 36.2. The van der Waals surface area contributed by atoms with E-state index in [2.05, 4.69) is 63.7 Å². The molecule has 252 valence electrons. The average molecular weight is 858 g/mol. The number of amides is 3. The number of ether oxygens (including phenoxy) is 6. The third-order valence-electron chi connectivity index (χ3n) is 5.98. The van der Waals surface area contributed by atoms with Gasteiger partial charge < -0.3 is 44.4 Å². The number of cyclic esters (lactones) is 3. The van der Waals surface area contributed by atoms with Gasteiger partial charge in [0.25, 0.3) is 0 Å². The molecule has 1 fully saturated rings. The monoisotopic (exact) mass is 855 g/mol. The molecule has 3 amide bonds. The van der Waals surface area contributed by atoms with Crippen LogP contribution in [0.4, 0.5) is 14.4 Å². The number of rotatable bonds is 6. The fourth-order valence-electron chi connectivity index (χ4n) is 3.65. The van der Waals surface area contributed by atoms with E-state index in [-0.39, 0.29) is 17.2 Å². The summed E-state index contributed by atoms with van der Waals surface area (Å²) in [4.78, 5) is 76.9. The predicted molar refractivity (Wildman–Crippen MR) is 174 cm³/mol. The Balaban J connectivity index is 1.50. The fraction of sp³-hybridized carbons (Fsp3) is 0.200. The number of halogens is 3. The number of hydrogen-bond donors (Lipinski definition) is 3. The zero-order valence-corrected chi connectivity index (χ0v) is 29.1. The Kier molecular flexibility index (Phi) is 13.2. The molecular weight excluding hydrogens is 834 g/mol.